The first-order chi connectivity index (χ1) is 9.24. The first-order valence-electron chi connectivity index (χ1n) is 5.95. The molecule has 5 nitrogen and oxygen atoms in total. The Kier molecular flexibility index (Phi) is 5.75. The van der Waals surface area contributed by atoms with Gasteiger partial charge in [0.15, 0.2) is 0 Å². The number of nitrogens with one attached hydrogen (secondary N) is 2. The van der Waals surface area contributed by atoms with Gasteiger partial charge in [0.05, 0.1) is 0 Å². The fourth-order valence-electron chi connectivity index (χ4n) is 1.43. The first kappa shape index (κ1) is 16.7. The van der Waals surface area contributed by atoms with Crippen molar-refractivity contribution < 1.29 is 21.6 Å². The van der Waals surface area contributed by atoms with E-state index in [0.717, 1.165) is 0 Å². The Morgan fingerprint density at radius 3 is 2.45 bits per heavy atom. The molecule has 0 amide bonds. The van der Waals surface area contributed by atoms with Gasteiger partial charge in [0.1, 0.15) is 10.7 Å². The summed E-state index contributed by atoms with van der Waals surface area (Å²) in [5.41, 5.74) is 0. The summed E-state index contributed by atoms with van der Waals surface area (Å²) in [5, 5.41) is 2.75. The number of rotatable bonds is 7. The summed E-state index contributed by atoms with van der Waals surface area (Å²) in [6.45, 7) is -0.0355. The molecular formula is C11H16F3N3O2S. The lowest BCUT2D eigenvalue weighted by Gasteiger charge is -2.08. The highest BCUT2D eigenvalue weighted by Gasteiger charge is 2.25. The number of hydrogen-bond acceptors (Lipinski definition) is 4. The summed E-state index contributed by atoms with van der Waals surface area (Å²) in [4.78, 5) is 3.84. The molecule has 0 saturated carbocycles. The summed E-state index contributed by atoms with van der Waals surface area (Å²) in [5.74, 6) is 0.522. The summed E-state index contributed by atoms with van der Waals surface area (Å²) >= 11 is 0. The number of aromatic nitrogens is 1. The number of pyridine rings is 1. The summed E-state index contributed by atoms with van der Waals surface area (Å²) < 4.78 is 61.5. The molecule has 114 valence electrons. The largest absolute Gasteiger partial charge is 0.389 e. The fraction of sp³-hybridized carbons (Fsp3) is 0.545. The van der Waals surface area contributed by atoms with Crippen molar-refractivity contribution in [2.45, 2.75) is 30.3 Å². The lowest BCUT2D eigenvalue weighted by Crippen LogP contribution is -2.25. The Hall–Kier alpha value is -1.35. The van der Waals surface area contributed by atoms with Gasteiger partial charge in [0, 0.05) is 26.2 Å². The minimum atomic E-state index is -4.20. The standard InChI is InChI=1S/C11H16F3N3O2S/c1-15-10-5-4-9(8-16-10)20(18,19)17-7-3-2-6-11(12,13)14/h4-5,8,17H,2-3,6-7H2,1H3,(H,15,16). The molecule has 0 fully saturated rings. The second kappa shape index (κ2) is 6.89. The average molecular weight is 311 g/mol. The predicted octanol–water partition coefficient (Wildman–Crippen LogP) is 2.13. The van der Waals surface area contributed by atoms with Crippen LogP contribution in [-0.4, -0.2) is 33.2 Å². The molecule has 1 aromatic rings. The van der Waals surface area contributed by atoms with Gasteiger partial charge in [-0.3, -0.25) is 0 Å². The zero-order chi connectivity index (χ0) is 15.2. The average Bonchev–Trinajstić information content (AvgIpc) is 2.37. The van der Waals surface area contributed by atoms with Crippen molar-refractivity contribution in [2.75, 3.05) is 18.9 Å². The van der Waals surface area contributed by atoms with Crippen LogP contribution in [0.15, 0.2) is 23.2 Å². The van der Waals surface area contributed by atoms with Gasteiger partial charge in [-0.15, -0.1) is 0 Å². The highest BCUT2D eigenvalue weighted by Crippen LogP contribution is 2.22. The maximum Gasteiger partial charge on any atom is 0.389 e. The van der Waals surface area contributed by atoms with E-state index in [9.17, 15) is 21.6 Å². The number of alkyl halides is 3. The van der Waals surface area contributed by atoms with Gasteiger partial charge in [0.25, 0.3) is 0 Å². The highest BCUT2D eigenvalue weighted by atomic mass is 32.2. The summed E-state index contributed by atoms with van der Waals surface area (Å²) in [6.07, 6.45) is -3.91. The Balaban J connectivity index is 2.45. The molecule has 1 heterocycles. The Morgan fingerprint density at radius 1 is 1.25 bits per heavy atom. The van der Waals surface area contributed by atoms with Gasteiger partial charge < -0.3 is 5.32 Å². The molecule has 0 aliphatic carbocycles. The van der Waals surface area contributed by atoms with Crippen LogP contribution >= 0.6 is 0 Å². The van der Waals surface area contributed by atoms with Gasteiger partial charge in [-0.2, -0.15) is 13.2 Å². The van der Waals surface area contributed by atoms with E-state index >= 15 is 0 Å². The van der Waals surface area contributed by atoms with Gasteiger partial charge >= 0.3 is 6.18 Å². The van der Waals surface area contributed by atoms with E-state index in [1.807, 2.05) is 0 Å². The third kappa shape index (κ3) is 5.74. The summed E-state index contributed by atoms with van der Waals surface area (Å²) in [7, 11) is -2.07. The van der Waals surface area contributed by atoms with Crippen LogP contribution in [0, 0.1) is 0 Å². The van der Waals surface area contributed by atoms with Crippen molar-refractivity contribution >= 4 is 15.8 Å². The van der Waals surface area contributed by atoms with Gasteiger partial charge in [-0.1, -0.05) is 0 Å². The second-order valence-electron chi connectivity index (χ2n) is 4.10. The minimum Gasteiger partial charge on any atom is -0.373 e. The zero-order valence-corrected chi connectivity index (χ0v) is 11.7. The number of halogens is 3. The van der Waals surface area contributed by atoms with Gasteiger partial charge in [-0.25, -0.2) is 18.1 Å². The molecular weight excluding hydrogens is 295 g/mol. The number of sulfonamides is 1. The minimum absolute atomic E-state index is 0.0210. The van der Waals surface area contributed by atoms with E-state index in [1.165, 1.54) is 18.3 Å². The molecule has 1 rings (SSSR count). The van der Waals surface area contributed by atoms with E-state index in [4.69, 9.17) is 0 Å². The lowest BCUT2D eigenvalue weighted by molar-refractivity contribution is -0.135. The molecule has 0 aliphatic heterocycles. The topological polar surface area (TPSA) is 71.1 Å². The molecule has 0 spiro atoms. The van der Waals surface area contributed by atoms with Gasteiger partial charge in [0.2, 0.25) is 10.0 Å². The SMILES string of the molecule is CNc1ccc(S(=O)(=O)NCCCCC(F)(F)F)cn1. The van der Waals surface area contributed by atoms with Crippen LogP contribution in [-0.2, 0) is 10.0 Å². The van der Waals surface area contributed by atoms with Crippen molar-refractivity contribution in [3.63, 3.8) is 0 Å². The van der Waals surface area contributed by atoms with E-state index in [0.29, 0.717) is 5.82 Å². The maximum absolute atomic E-state index is 11.9. The van der Waals surface area contributed by atoms with E-state index in [2.05, 4.69) is 15.0 Å². The first-order valence-corrected chi connectivity index (χ1v) is 7.43. The Morgan fingerprint density at radius 2 is 1.95 bits per heavy atom. The van der Waals surface area contributed by atoms with Crippen LogP contribution in [0.4, 0.5) is 19.0 Å². The normalized spacial score (nSPS) is 12.4. The van der Waals surface area contributed by atoms with Crippen LogP contribution in [0.25, 0.3) is 0 Å². The van der Waals surface area contributed by atoms with Crippen LogP contribution in [0.2, 0.25) is 0 Å². The maximum atomic E-state index is 11.9. The molecule has 0 radical (unpaired) electrons. The molecule has 0 aromatic carbocycles. The van der Waals surface area contributed by atoms with E-state index < -0.39 is 22.6 Å². The van der Waals surface area contributed by atoms with Crippen LogP contribution < -0.4 is 10.0 Å². The van der Waals surface area contributed by atoms with Crippen molar-refractivity contribution in [1.29, 1.82) is 0 Å². The van der Waals surface area contributed by atoms with Gasteiger partial charge in [-0.05, 0) is 25.0 Å². The third-order valence-corrected chi connectivity index (χ3v) is 3.93. The number of unbranched alkanes of at least 4 members (excludes halogenated alkanes) is 1. The molecule has 0 aliphatic rings. The molecule has 0 bridgehead atoms. The van der Waals surface area contributed by atoms with Crippen molar-refractivity contribution in [2.24, 2.45) is 0 Å². The fourth-order valence-corrected chi connectivity index (χ4v) is 2.45. The number of hydrogen-bond donors (Lipinski definition) is 2. The summed E-state index contributed by atoms with van der Waals surface area (Å²) in [6, 6.07) is 2.87. The molecule has 20 heavy (non-hydrogen) atoms. The van der Waals surface area contributed by atoms with E-state index in [-0.39, 0.29) is 24.3 Å². The molecule has 2 N–H and O–H groups in total. The molecule has 0 unspecified atom stereocenters. The molecule has 9 heteroatoms. The van der Waals surface area contributed by atoms with Crippen molar-refractivity contribution in [3.05, 3.63) is 18.3 Å². The second-order valence-corrected chi connectivity index (χ2v) is 5.87. The number of nitrogens with zero attached hydrogens (tertiary/aromatic N) is 1. The monoisotopic (exact) mass is 311 g/mol. The van der Waals surface area contributed by atoms with Crippen LogP contribution in [0.3, 0.4) is 0 Å². The highest BCUT2D eigenvalue weighted by molar-refractivity contribution is 7.89. The molecule has 1 aromatic heterocycles. The molecule has 0 atom stereocenters. The molecule has 0 saturated heterocycles. The quantitative estimate of drug-likeness (QED) is 0.757. The van der Waals surface area contributed by atoms with Crippen LogP contribution in [0.1, 0.15) is 19.3 Å². The smallest absolute Gasteiger partial charge is 0.373 e. The number of anilines is 1. The zero-order valence-electron chi connectivity index (χ0n) is 10.9. The van der Waals surface area contributed by atoms with E-state index in [1.54, 1.807) is 7.05 Å². The van der Waals surface area contributed by atoms with Crippen LogP contribution in [0.5, 0.6) is 0 Å². The lowest BCUT2D eigenvalue weighted by atomic mass is 10.2. The third-order valence-electron chi connectivity index (χ3n) is 2.48. The van der Waals surface area contributed by atoms with Crippen molar-refractivity contribution in [3.8, 4) is 0 Å². The Labute approximate surface area is 115 Å². The Bertz CT molecular complexity index is 515. The van der Waals surface area contributed by atoms with Crippen molar-refractivity contribution in [1.82, 2.24) is 9.71 Å². The predicted molar refractivity (Wildman–Crippen MR) is 68.9 cm³/mol.